The highest BCUT2D eigenvalue weighted by Gasteiger charge is 1.94. The largest absolute Gasteiger partial charge is 0.388 e. The lowest BCUT2D eigenvalue weighted by atomic mass is 10.3. The molecule has 0 atom stereocenters. The predicted octanol–water partition coefficient (Wildman–Crippen LogP) is 6.09. The molecule has 1 amide bonds. The van der Waals surface area contributed by atoms with E-state index in [1.807, 2.05) is 37.6 Å². The Kier molecular flexibility index (Phi) is 14.2. The average molecular weight is 367 g/mol. The van der Waals surface area contributed by atoms with Crippen molar-refractivity contribution in [3.05, 3.63) is 48.5 Å². The van der Waals surface area contributed by atoms with Gasteiger partial charge in [-0.3, -0.25) is 4.79 Å². The zero-order chi connectivity index (χ0) is 16.4. The van der Waals surface area contributed by atoms with Crippen LogP contribution in [-0.2, 0) is 4.79 Å². The summed E-state index contributed by atoms with van der Waals surface area (Å²) in [6.07, 6.45) is 4.10. The van der Waals surface area contributed by atoms with Crippen molar-refractivity contribution < 1.29 is 4.79 Å². The molecule has 3 nitrogen and oxygen atoms in total. The third-order valence-corrected chi connectivity index (χ3v) is 4.28. The third-order valence-electron chi connectivity index (χ3n) is 2.79. The maximum atomic E-state index is 10.7. The van der Waals surface area contributed by atoms with Crippen molar-refractivity contribution in [3.8, 4) is 0 Å². The van der Waals surface area contributed by atoms with E-state index in [2.05, 4.69) is 41.2 Å². The second-order valence-corrected chi connectivity index (χ2v) is 6.15. The van der Waals surface area contributed by atoms with Crippen LogP contribution in [0.5, 0.6) is 0 Å². The van der Waals surface area contributed by atoms with Crippen LogP contribution in [0.1, 0.15) is 21.8 Å². The Morgan fingerprint density at radius 3 is 1.46 bits per heavy atom. The van der Waals surface area contributed by atoms with Gasteiger partial charge in [0.1, 0.15) is 0 Å². The predicted molar refractivity (Wildman–Crippen MR) is 114 cm³/mol. The van der Waals surface area contributed by atoms with Gasteiger partial charge in [-0.1, -0.05) is 14.9 Å². The van der Waals surface area contributed by atoms with Crippen molar-refractivity contribution in [2.24, 2.45) is 0 Å². The van der Waals surface area contributed by atoms with Crippen LogP contribution < -0.4 is 10.6 Å². The van der Waals surface area contributed by atoms with E-state index in [0.717, 1.165) is 11.4 Å². The van der Waals surface area contributed by atoms with Gasteiger partial charge in [0.2, 0.25) is 5.91 Å². The summed E-state index contributed by atoms with van der Waals surface area (Å²) in [5.41, 5.74) is 2.01. The van der Waals surface area contributed by atoms with Crippen LogP contribution in [0.3, 0.4) is 0 Å². The van der Waals surface area contributed by atoms with Crippen molar-refractivity contribution in [1.82, 2.24) is 0 Å². The van der Waals surface area contributed by atoms with Gasteiger partial charge in [0.15, 0.2) is 0 Å². The van der Waals surface area contributed by atoms with Crippen LogP contribution in [0, 0.1) is 0 Å². The summed E-state index contributed by atoms with van der Waals surface area (Å²) in [5, 5.41) is 5.78. The summed E-state index contributed by atoms with van der Waals surface area (Å²) in [4.78, 5) is 13.2. The number of amides is 1. The number of carbonyl (C=O) groups excluding carboxylic acids is 1. The van der Waals surface area contributed by atoms with Gasteiger partial charge in [-0.05, 0) is 61.0 Å². The molecule has 0 aromatic heterocycles. The van der Waals surface area contributed by atoms with E-state index in [-0.39, 0.29) is 20.8 Å². The Balaban J connectivity index is 0. The van der Waals surface area contributed by atoms with Gasteiger partial charge in [0, 0.05) is 35.1 Å². The van der Waals surface area contributed by atoms with E-state index in [1.165, 1.54) is 16.7 Å². The summed E-state index contributed by atoms with van der Waals surface area (Å²) in [6.45, 7) is 1.50. The first-order valence-corrected chi connectivity index (χ1v) is 9.27. The maximum absolute atomic E-state index is 10.7. The second kappa shape index (κ2) is 13.8. The van der Waals surface area contributed by atoms with Gasteiger partial charge < -0.3 is 10.6 Å². The molecule has 0 unspecified atom stereocenters. The molecule has 2 aromatic rings. The topological polar surface area (TPSA) is 41.1 Å². The van der Waals surface area contributed by atoms with Gasteiger partial charge in [-0.2, -0.15) is 0 Å². The van der Waals surface area contributed by atoms with Crippen LogP contribution in [0.25, 0.3) is 0 Å². The van der Waals surface area contributed by atoms with E-state index in [1.54, 1.807) is 23.5 Å². The fourth-order valence-corrected chi connectivity index (χ4v) is 2.45. The van der Waals surface area contributed by atoms with Crippen molar-refractivity contribution >= 4 is 40.8 Å². The number of hydrogen-bond acceptors (Lipinski definition) is 4. The quantitative estimate of drug-likeness (QED) is 0.642. The molecule has 2 rings (SSSR count). The molecule has 0 saturated carbocycles. The SMILES string of the molecule is C.C.CNc1ccc(SC)cc1.CSc1ccc(NC(C)=O)cc1. The number of rotatable bonds is 4. The molecule has 0 radical (unpaired) electrons. The van der Waals surface area contributed by atoms with Crippen LogP contribution >= 0.6 is 23.5 Å². The van der Waals surface area contributed by atoms with E-state index in [0.29, 0.717) is 0 Å². The van der Waals surface area contributed by atoms with Crippen LogP contribution in [0.15, 0.2) is 58.3 Å². The molecule has 2 N–H and O–H groups in total. The van der Waals surface area contributed by atoms with Crippen LogP contribution in [-0.4, -0.2) is 25.5 Å². The van der Waals surface area contributed by atoms with Crippen molar-refractivity contribution in [2.75, 3.05) is 30.2 Å². The van der Waals surface area contributed by atoms with Gasteiger partial charge in [-0.15, -0.1) is 23.5 Å². The minimum Gasteiger partial charge on any atom is -0.388 e. The van der Waals surface area contributed by atoms with Crippen molar-refractivity contribution in [1.29, 1.82) is 0 Å². The molecule has 0 aliphatic carbocycles. The molecule has 0 bridgehead atoms. The first-order valence-electron chi connectivity index (χ1n) is 6.82. The highest BCUT2D eigenvalue weighted by Crippen LogP contribution is 2.17. The third kappa shape index (κ3) is 9.53. The molecular weight excluding hydrogens is 336 g/mol. The highest BCUT2D eigenvalue weighted by atomic mass is 32.2. The summed E-state index contributed by atoms with van der Waals surface area (Å²) in [7, 11) is 1.92. The fraction of sp³-hybridized carbons (Fsp3) is 0.316. The van der Waals surface area contributed by atoms with Crippen LogP contribution in [0.4, 0.5) is 11.4 Å². The zero-order valence-electron chi connectivity index (χ0n) is 13.3. The normalized spacial score (nSPS) is 8.67. The Bertz CT molecular complexity index is 546. The zero-order valence-corrected chi connectivity index (χ0v) is 15.0. The monoisotopic (exact) mass is 366 g/mol. The molecule has 0 heterocycles. The lowest BCUT2D eigenvalue weighted by Crippen LogP contribution is -2.05. The van der Waals surface area contributed by atoms with E-state index < -0.39 is 0 Å². The fourth-order valence-electron chi connectivity index (χ4n) is 1.64. The minimum absolute atomic E-state index is 0. The molecule has 5 heteroatoms. The number of carbonyl (C=O) groups is 1. The number of anilines is 2. The van der Waals surface area contributed by atoms with Crippen molar-refractivity contribution in [2.45, 2.75) is 31.6 Å². The van der Waals surface area contributed by atoms with Crippen molar-refractivity contribution in [3.63, 3.8) is 0 Å². The highest BCUT2D eigenvalue weighted by molar-refractivity contribution is 7.98. The first-order chi connectivity index (χ1) is 10.6. The lowest BCUT2D eigenvalue weighted by molar-refractivity contribution is -0.114. The summed E-state index contributed by atoms with van der Waals surface area (Å²) < 4.78 is 0. The molecule has 0 fully saturated rings. The molecule has 2 aromatic carbocycles. The molecule has 0 saturated heterocycles. The van der Waals surface area contributed by atoms with Gasteiger partial charge in [-0.25, -0.2) is 0 Å². The van der Waals surface area contributed by atoms with Gasteiger partial charge >= 0.3 is 0 Å². The van der Waals surface area contributed by atoms with E-state index >= 15 is 0 Å². The van der Waals surface area contributed by atoms with E-state index in [4.69, 9.17) is 0 Å². The van der Waals surface area contributed by atoms with Gasteiger partial charge in [0.25, 0.3) is 0 Å². The van der Waals surface area contributed by atoms with Crippen LogP contribution in [0.2, 0.25) is 0 Å². The molecule has 0 aliphatic rings. The average Bonchev–Trinajstić information content (AvgIpc) is 2.55. The maximum Gasteiger partial charge on any atom is 0.221 e. The summed E-state index contributed by atoms with van der Waals surface area (Å²) in [5.74, 6) is -0.0353. The second-order valence-electron chi connectivity index (χ2n) is 4.39. The Labute approximate surface area is 156 Å². The molecular formula is C19H30N2OS2. The Hall–Kier alpha value is -1.59. The molecule has 0 spiro atoms. The number of hydrogen-bond donors (Lipinski definition) is 2. The molecule has 0 aliphatic heterocycles. The number of benzene rings is 2. The molecule has 24 heavy (non-hydrogen) atoms. The standard InChI is InChI=1S/C9H11NOS.C8H11NS.2CH4/c1-7(11)10-8-3-5-9(12-2)6-4-8;1-9-7-3-5-8(10-2)6-4-7;;/h3-6H,1-2H3,(H,10,11);3-6,9H,1-2H3;2*1H4. The van der Waals surface area contributed by atoms with E-state index in [9.17, 15) is 4.79 Å². The van der Waals surface area contributed by atoms with Gasteiger partial charge in [0.05, 0.1) is 0 Å². The Morgan fingerprint density at radius 2 is 1.17 bits per heavy atom. The number of thioether (sulfide) groups is 2. The molecule has 134 valence electrons. The Morgan fingerprint density at radius 1 is 0.792 bits per heavy atom. The summed E-state index contributed by atoms with van der Waals surface area (Å²) >= 11 is 3.44. The smallest absolute Gasteiger partial charge is 0.221 e. The first kappa shape index (κ1) is 24.7. The summed E-state index contributed by atoms with van der Waals surface area (Å²) in [6, 6.07) is 16.1. The lowest BCUT2D eigenvalue weighted by Gasteiger charge is -2.01. The number of nitrogens with one attached hydrogen (secondary N) is 2. The minimum atomic E-state index is -0.0353.